The van der Waals surface area contributed by atoms with Gasteiger partial charge in [0.25, 0.3) is 5.91 Å². The van der Waals surface area contributed by atoms with Gasteiger partial charge in [-0.2, -0.15) is 0 Å². The predicted octanol–water partition coefficient (Wildman–Crippen LogP) is 0.457. The molecule has 154 valence electrons. The number of aromatic nitrogens is 3. The number of anilines is 2. The van der Waals surface area contributed by atoms with Gasteiger partial charge in [0.15, 0.2) is 9.84 Å². The van der Waals surface area contributed by atoms with Crippen LogP contribution < -0.4 is 9.80 Å². The maximum absolute atomic E-state index is 12.6. The Morgan fingerprint density at radius 2 is 1.79 bits per heavy atom. The summed E-state index contributed by atoms with van der Waals surface area (Å²) >= 11 is 0. The van der Waals surface area contributed by atoms with Gasteiger partial charge in [-0.25, -0.2) is 18.4 Å². The highest BCUT2D eigenvalue weighted by molar-refractivity contribution is 7.91. The fourth-order valence-electron chi connectivity index (χ4n) is 3.74. The third-order valence-electron chi connectivity index (χ3n) is 5.42. The van der Waals surface area contributed by atoms with E-state index in [1.807, 2.05) is 6.07 Å². The largest absolute Gasteiger partial charge is 0.353 e. The van der Waals surface area contributed by atoms with Crippen LogP contribution in [0.15, 0.2) is 36.9 Å². The van der Waals surface area contributed by atoms with Crippen molar-refractivity contribution >= 4 is 27.4 Å². The van der Waals surface area contributed by atoms with Crippen LogP contribution in [0.2, 0.25) is 0 Å². The number of pyridine rings is 1. The molecule has 2 fully saturated rings. The summed E-state index contributed by atoms with van der Waals surface area (Å²) in [5.74, 6) is 1.58. The molecule has 2 aromatic heterocycles. The topological polar surface area (TPSA) is 99.6 Å². The Hall–Kier alpha value is -2.75. The molecule has 2 aromatic rings. The minimum atomic E-state index is -3.01. The Kier molecular flexibility index (Phi) is 5.35. The molecule has 0 N–H and O–H groups in total. The monoisotopic (exact) mass is 416 g/mol. The van der Waals surface area contributed by atoms with Gasteiger partial charge in [0, 0.05) is 57.4 Å². The number of piperazine rings is 1. The fourth-order valence-corrected chi connectivity index (χ4v) is 4.94. The maximum atomic E-state index is 12.6. The quantitative estimate of drug-likeness (QED) is 0.711. The van der Waals surface area contributed by atoms with Crippen molar-refractivity contribution in [3.8, 4) is 0 Å². The fraction of sp³-hybridized carbons (Fsp3) is 0.474. The van der Waals surface area contributed by atoms with E-state index < -0.39 is 9.84 Å². The first-order valence-electron chi connectivity index (χ1n) is 9.66. The van der Waals surface area contributed by atoms with E-state index >= 15 is 0 Å². The Morgan fingerprint density at radius 3 is 2.41 bits per heavy atom. The smallest absolute Gasteiger partial charge is 0.255 e. The van der Waals surface area contributed by atoms with Crippen molar-refractivity contribution in [2.75, 3.05) is 54.0 Å². The highest BCUT2D eigenvalue weighted by atomic mass is 32.2. The number of rotatable bonds is 3. The average molecular weight is 417 g/mol. The molecular weight excluding hydrogens is 392 g/mol. The third kappa shape index (κ3) is 4.31. The van der Waals surface area contributed by atoms with E-state index in [0.29, 0.717) is 5.56 Å². The second-order valence-corrected chi connectivity index (χ2v) is 9.70. The van der Waals surface area contributed by atoms with Crippen molar-refractivity contribution in [1.29, 1.82) is 0 Å². The van der Waals surface area contributed by atoms with Gasteiger partial charge in [-0.05, 0) is 19.1 Å². The summed E-state index contributed by atoms with van der Waals surface area (Å²) in [4.78, 5) is 31.6. The molecule has 2 aliphatic rings. The van der Waals surface area contributed by atoms with E-state index in [-0.39, 0.29) is 36.5 Å². The number of sulfone groups is 1. The van der Waals surface area contributed by atoms with Crippen molar-refractivity contribution in [1.82, 2.24) is 19.9 Å². The zero-order valence-electron chi connectivity index (χ0n) is 16.3. The summed E-state index contributed by atoms with van der Waals surface area (Å²) in [6, 6.07) is 3.88. The Morgan fingerprint density at radius 1 is 1.00 bits per heavy atom. The standard InChI is InChI=1S/C19H24N6O3S/c1-15-14-24(6-7-25(15)18-13-20-4-5-21-18)17-3-2-16(12-22-17)19(26)23-8-10-29(27,28)11-9-23/h2-5,12-13,15H,6-11,14H2,1H3. The van der Waals surface area contributed by atoms with Crippen LogP contribution in [-0.4, -0.2) is 84.4 Å². The van der Waals surface area contributed by atoms with Crippen LogP contribution in [0.3, 0.4) is 0 Å². The summed E-state index contributed by atoms with van der Waals surface area (Å²) in [6.07, 6.45) is 6.72. The number of hydrogen-bond donors (Lipinski definition) is 0. The molecule has 4 heterocycles. The number of amides is 1. The predicted molar refractivity (Wildman–Crippen MR) is 110 cm³/mol. The van der Waals surface area contributed by atoms with Crippen molar-refractivity contribution in [3.63, 3.8) is 0 Å². The van der Waals surface area contributed by atoms with Crippen LogP contribution >= 0.6 is 0 Å². The van der Waals surface area contributed by atoms with E-state index in [1.54, 1.807) is 35.8 Å². The molecule has 0 aromatic carbocycles. The lowest BCUT2D eigenvalue weighted by Crippen LogP contribution is -2.52. The van der Waals surface area contributed by atoms with Gasteiger partial charge >= 0.3 is 0 Å². The third-order valence-corrected chi connectivity index (χ3v) is 7.03. The summed E-state index contributed by atoms with van der Waals surface area (Å²) < 4.78 is 23.1. The molecular formula is C19H24N6O3S. The zero-order valence-corrected chi connectivity index (χ0v) is 17.1. The lowest BCUT2D eigenvalue weighted by molar-refractivity contribution is 0.0770. The Balaban J connectivity index is 1.39. The lowest BCUT2D eigenvalue weighted by atomic mass is 10.2. The molecule has 4 rings (SSSR count). The van der Waals surface area contributed by atoms with Gasteiger partial charge < -0.3 is 14.7 Å². The van der Waals surface area contributed by atoms with Gasteiger partial charge in [-0.15, -0.1) is 0 Å². The van der Waals surface area contributed by atoms with Gasteiger partial charge in [-0.3, -0.25) is 9.78 Å². The Labute approximate surface area is 170 Å². The molecule has 10 heteroatoms. The number of carbonyl (C=O) groups excluding carboxylic acids is 1. The number of hydrogen-bond acceptors (Lipinski definition) is 8. The molecule has 29 heavy (non-hydrogen) atoms. The average Bonchev–Trinajstić information content (AvgIpc) is 2.74. The molecule has 0 aliphatic carbocycles. The van der Waals surface area contributed by atoms with Gasteiger partial charge in [0.05, 0.1) is 23.3 Å². The molecule has 0 spiro atoms. The van der Waals surface area contributed by atoms with Gasteiger partial charge in [0.1, 0.15) is 11.6 Å². The molecule has 2 aliphatic heterocycles. The number of nitrogens with zero attached hydrogens (tertiary/aromatic N) is 6. The SMILES string of the molecule is CC1CN(c2ccc(C(=O)N3CCS(=O)(=O)CC3)cn2)CCN1c1cnccn1. The second-order valence-electron chi connectivity index (χ2n) is 7.40. The van der Waals surface area contributed by atoms with Crippen LogP contribution in [0, 0.1) is 0 Å². The van der Waals surface area contributed by atoms with Crippen LogP contribution in [-0.2, 0) is 9.84 Å². The van der Waals surface area contributed by atoms with E-state index in [9.17, 15) is 13.2 Å². The zero-order chi connectivity index (χ0) is 20.4. The van der Waals surface area contributed by atoms with Gasteiger partial charge in [-0.1, -0.05) is 0 Å². The highest BCUT2D eigenvalue weighted by Crippen LogP contribution is 2.21. The highest BCUT2D eigenvalue weighted by Gasteiger charge is 2.27. The van der Waals surface area contributed by atoms with E-state index in [2.05, 4.69) is 31.7 Å². The number of carbonyl (C=O) groups is 1. The molecule has 9 nitrogen and oxygen atoms in total. The van der Waals surface area contributed by atoms with Crippen molar-refractivity contribution in [3.05, 3.63) is 42.5 Å². The van der Waals surface area contributed by atoms with Gasteiger partial charge in [0.2, 0.25) is 0 Å². The normalized spacial score (nSPS) is 21.8. The second kappa shape index (κ2) is 7.94. The van der Waals surface area contributed by atoms with E-state index in [1.165, 1.54) is 0 Å². The van der Waals surface area contributed by atoms with E-state index in [0.717, 1.165) is 31.3 Å². The minimum Gasteiger partial charge on any atom is -0.353 e. The summed E-state index contributed by atoms with van der Waals surface area (Å²) in [5.41, 5.74) is 0.485. The van der Waals surface area contributed by atoms with E-state index in [4.69, 9.17) is 0 Å². The maximum Gasteiger partial charge on any atom is 0.255 e. The molecule has 0 saturated carbocycles. The first kappa shape index (κ1) is 19.6. The lowest BCUT2D eigenvalue weighted by Gasteiger charge is -2.40. The molecule has 2 saturated heterocycles. The van der Waals surface area contributed by atoms with Crippen molar-refractivity contribution < 1.29 is 13.2 Å². The first-order chi connectivity index (χ1) is 13.9. The summed E-state index contributed by atoms with van der Waals surface area (Å²) in [6.45, 7) is 5.02. The molecule has 0 bridgehead atoms. The van der Waals surface area contributed by atoms with Crippen LogP contribution in [0.4, 0.5) is 11.6 Å². The Bertz CT molecular complexity index is 953. The van der Waals surface area contributed by atoms with Crippen LogP contribution in [0.5, 0.6) is 0 Å². The van der Waals surface area contributed by atoms with Crippen LogP contribution in [0.1, 0.15) is 17.3 Å². The van der Waals surface area contributed by atoms with Crippen molar-refractivity contribution in [2.24, 2.45) is 0 Å². The molecule has 0 radical (unpaired) electrons. The first-order valence-corrected chi connectivity index (χ1v) is 11.5. The van der Waals surface area contributed by atoms with Crippen LogP contribution in [0.25, 0.3) is 0 Å². The summed E-state index contributed by atoms with van der Waals surface area (Å²) in [7, 11) is -3.01. The van der Waals surface area contributed by atoms with Crippen molar-refractivity contribution in [2.45, 2.75) is 13.0 Å². The molecule has 1 unspecified atom stereocenters. The minimum absolute atomic E-state index is 0.0260. The molecule has 1 atom stereocenters. The molecule has 1 amide bonds. The summed E-state index contributed by atoms with van der Waals surface area (Å²) in [5, 5.41) is 0.